The van der Waals surface area contributed by atoms with Crippen LogP contribution in [0.15, 0.2) is 54.1 Å². The quantitative estimate of drug-likeness (QED) is 0.378. The molecule has 2 aromatic rings. The molecule has 0 saturated carbocycles. The number of ketones is 1. The van der Waals surface area contributed by atoms with Crippen LogP contribution in [-0.2, 0) is 9.59 Å². The second kappa shape index (κ2) is 9.69. The van der Waals surface area contributed by atoms with Gasteiger partial charge in [-0.2, -0.15) is 0 Å². The van der Waals surface area contributed by atoms with Gasteiger partial charge in [-0.15, -0.1) is 0 Å². The van der Waals surface area contributed by atoms with E-state index in [0.717, 1.165) is 18.4 Å². The summed E-state index contributed by atoms with van der Waals surface area (Å²) in [7, 11) is 1.53. The molecule has 0 aliphatic carbocycles. The molecule has 6 nitrogen and oxygen atoms in total. The summed E-state index contributed by atoms with van der Waals surface area (Å²) in [4.78, 5) is 27.5. The van der Waals surface area contributed by atoms with Gasteiger partial charge in [-0.1, -0.05) is 37.6 Å². The van der Waals surface area contributed by atoms with Gasteiger partial charge in [0.1, 0.15) is 17.3 Å². The number of carbonyl (C=O) groups excluding carboxylic acids is 2. The predicted molar refractivity (Wildman–Crippen MR) is 119 cm³/mol. The van der Waals surface area contributed by atoms with Crippen LogP contribution in [0, 0.1) is 0 Å². The molecule has 1 saturated heterocycles. The van der Waals surface area contributed by atoms with Crippen LogP contribution in [0.25, 0.3) is 5.76 Å². The maximum absolute atomic E-state index is 13.0. The van der Waals surface area contributed by atoms with Gasteiger partial charge in [0.25, 0.3) is 11.7 Å². The summed E-state index contributed by atoms with van der Waals surface area (Å²) in [6.07, 6.45) is 1.62. The van der Waals surface area contributed by atoms with Crippen molar-refractivity contribution in [1.82, 2.24) is 4.90 Å². The van der Waals surface area contributed by atoms with Crippen LogP contribution in [0.5, 0.6) is 11.5 Å². The van der Waals surface area contributed by atoms with Crippen LogP contribution in [-0.4, -0.2) is 41.5 Å². The predicted octanol–water partition coefficient (Wildman–Crippen LogP) is 4.70. The van der Waals surface area contributed by atoms with E-state index in [1.807, 2.05) is 45.0 Å². The van der Waals surface area contributed by atoms with Gasteiger partial charge < -0.3 is 19.5 Å². The van der Waals surface area contributed by atoms with Crippen molar-refractivity contribution in [2.45, 2.75) is 45.8 Å². The first-order chi connectivity index (χ1) is 14.9. The van der Waals surface area contributed by atoms with E-state index in [-0.39, 0.29) is 17.4 Å². The van der Waals surface area contributed by atoms with E-state index in [4.69, 9.17) is 9.47 Å². The van der Waals surface area contributed by atoms with Gasteiger partial charge in [0.15, 0.2) is 0 Å². The average Bonchev–Trinajstić information content (AvgIpc) is 3.01. The number of unbranched alkanes of at least 4 members (excludes halogenated alkanes) is 1. The zero-order valence-electron chi connectivity index (χ0n) is 18.4. The van der Waals surface area contributed by atoms with Gasteiger partial charge in [-0.25, -0.2) is 0 Å². The third-order valence-corrected chi connectivity index (χ3v) is 5.18. The molecule has 0 spiro atoms. The second-order valence-corrected chi connectivity index (χ2v) is 7.82. The van der Waals surface area contributed by atoms with Crippen LogP contribution >= 0.6 is 0 Å². The first-order valence-corrected chi connectivity index (χ1v) is 10.6. The molecule has 1 fully saturated rings. The lowest BCUT2D eigenvalue weighted by molar-refractivity contribution is -0.139. The van der Waals surface area contributed by atoms with Gasteiger partial charge in [0, 0.05) is 12.1 Å². The highest BCUT2D eigenvalue weighted by Gasteiger charge is 2.45. The topological polar surface area (TPSA) is 76.1 Å². The maximum atomic E-state index is 13.0. The fourth-order valence-corrected chi connectivity index (χ4v) is 3.74. The maximum Gasteiger partial charge on any atom is 0.295 e. The molecule has 31 heavy (non-hydrogen) atoms. The third-order valence-electron chi connectivity index (χ3n) is 5.18. The Morgan fingerprint density at radius 2 is 1.81 bits per heavy atom. The van der Waals surface area contributed by atoms with Crippen molar-refractivity contribution in [2.24, 2.45) is 0 Å². The van der Waals surface area contributed by atoms with E-state index in [2.05, 4.69) is 0 Å². The van der Waals surface area contributed by atoms with Crippen molar-refractivity contribution in [3.8, 4) is 11.5 Å². The fourth-order valence-electron chi connectivity index (χ4n) is 3.74. The molecule has 0 radical (unpaired) electrons. The Morgan fingerprint density at radius 1 is 1.10 bits per heavy atom. The van der Waals surface area contributed by atoms with Crippen molar-refractivity contribution in [3.05, 3.63) is 65.2 Å². The highest BCUT2D eigenvalue weighted by molar-refractivity contribution is 6.46. The molecule has 1 aliphatic rings. The minimum atomic E-state index is -0.687. The zero-order chi connectivity index (χ0) is 22.5. The Bertz CT molecular complexity index is 995. The highest BCUT2D eigenvalue weighted by Crippen LogP contribution is 2.40. The number of aliphatic hydroxyl groups excluding tert-OH is 1. The lowest BCUT2D eigenvalue weighted by atomic mass is 9.95. The Morgan fingerprint density at radius 3 is 2.48 bits per heavy atom. The number of methoxy groups -OCH3 is 1. The number of amides is 1. The van der Waals surface area contributed by atoms with E-state index >= 15 is 0 Å². The smallest absolute Gasteiger partial charge is 0.295 e. The molecule has 1 unspecified atom stereocenters. The summed E-state index contributed by atoms with van der Waals surface area (Å²) in [6.45, 7) is 6.32. The monoisotopic (exact) mass is 423 g/mol. The molecule has 1 atom stereocenters. The first kappa shape index (κ1) is 22.4. The summed E-state index contributed by atoms with van der Waals surface area (Å²) < 4.78 is 11.1. The Balaban J connectivity index is 2.15. The molecule has 1 amide bonds. The Labute approximate surface area is 183 Å². The van der Waals surface area contributed by atoms with Crippen LogP contribution in [0.2, 0.25) is 0 Å². The summed E-state index contributed by atoms with van der Waals surface area (Å²) in [6, 6.07) is 13.5. The van der Waals surface area contributed by atoms with Gasteiger partial charge in [0.2, 0.25) is 0 Å². The molecule has 164 valence electrons. The van der Waals surface area contributed by atoms with E-state index in [0.29, 0.717) is 23.6 Å². The minimum Gasteiger partial charge on any atom is -0.507 e. The van der Waals surface area contributed by atoms with Gasteiger partial charge in [-0.05, 0) is 50.1 Å². The number of nitrogens with zero attached hydrogens (tertiary/aromatic N) is 1. The number of carbonyl (C=O) groups is 2. The number of ether oxygens (including phenoxy) is 2. The Kier molecular flexibility index (Phi) is 7.00. The molecular formula is C25H29NO5. The van der Waals surface area contributed by atoms with E-state index in [9.17, 15) is 14.7 Å². The first-order valence-electron chi connectivity index (χ1n) is 10.6. The number of likely N-dealkylation sites (tertiary alicyclic amines) is 1. The number of hydrogen-bond donors (Lipinski definition) is 1. The van der Waals surface area contributed by atoms with Gasteiger partial charge in [0.05, 0.1) is 24.8 Å². The summed E-state index contributed by atoms with van der Waals surface area (Å²) in [5.41, 5.74) is 1.22. The molecule has 1 heterocycles. The highest BCUT2D eigenvalue weighted by atomic mass is 16.5. The van der Waals surface area contributed by atoms with Crippen molar-refractivity contribution in [3.63, 3.8) is 0 Å². The van der Waals surface area contributed by atoms with Crippen LogP contribution in [0.4, 0.5) is 0 Å². The molecule has 0 bridgehead atoms. The molecule has 3 rings (SSSR count). The van der Waals surface area contributed by atoms with Crippen LogP contribution in [0.1, 0.15) is 50.8 Å². The second-order valence-electron chi connectivity index (χ2n) is 7.82. The SMILES string of the molecule is CCCCN1C(=O)C(=O)/C(=C(\O)c2cccc(OC)c2)C1c1cccc(OC(C)C)c1. The molecule has 2 aromatic carbocycles. The van der Waals surface area contributed by atoms with Gasteiger partial charge >= 0.3 is 0 Å². The number of aliphatic hydroxyl groups is 1. The van der Waals surface area contributed by atoms with Crippen LogP contribution < -0.4 is 9.47 Å². The zero-order valence-corrected chi connectivity index (χ0v) is 18.4. The van der Waals surface area contributed by atoms with E-state index in [1.54, 1.807) is 29.2 Å². The van der Waals surface area contributed by atoms with Crippen LogP contribution in [0.3, 0.4) is 0 Å². The number of benzene rings is 2. The summed E-state index contributed by atoms with van der Waals surface area (Å²) in [5.74, 6) is -0.297. The van der Waals surface area contributed by atoms with Crippen molar-refractivity contribution >= 4 is 17.4 Å². The standard InChI is InChI=1S/C25H29NO5/c1-5-6-13-26-22(17-9-7-12-20(14-17)31-16(2)3)21(24(28)25(26)29)23(27)18-10-8-11-19(15-18)30-4/h7-12,14-16,22,27H,5-6,13H2,1-4H3/b23-21-. The molecule has 0 aromatic heterocycles. The third kappa shape index (κ3) is 4.74. The normalized spacial score (nSPS) is 18.0. The summed E-state index contributed by atoms with van der Waals surface area (Å²) in [5, 5.41) is 11.1. The van der Waals surface area contributed by atoms with E-state index in [1.165, 1.54) is 7.11 Å². The fraction of sp³-hybridized carbons (Fsp3) is 0.360. The minimum absolute atomic E-state index is 0.0153. The molecule has 1 N–H and O–H groups in total. The number of rotatable bonds is 8. The largest absolute Gasteiger partial charge is 0.507 e. The lowest BCUT2D eigenvalue weighted by Crippen LogP contribution is -2.30. The van der Waals surface area contributed by atoms with Crippen molar-refractivity contribution < 1.29 is 24.2 Å². The average molecular weight is 424 g/mol. The lowest BCUT2D eigenvalue weighted by Gasteiger charge is -2.25. The molecular weight excluding hydrogens is 394 g/mol. The van der Waals surface area contributed by atoms with Gasteiger partial charge in [-0.3, -0.25) is 9.59 Å². The van der Waals surface area contributed by atoms with Crippen molar-refractivity contribution in [2.75, 3.05) is 13.7 Å². The summed E-state index contributed by atoms with van der Waals surface area (Å²) >= 11 is 0. The number of Topliss-reactive ketones (excluding diaryl/α,β-unsaturated/α-hetero) is 1. The Hall–Kier alpha value is -3.28. The molecule has 6 heteroatoms. The molecule has 1 aliphatic heterocycles. The number of hydrogen-bond acceptors (Lipinski definition) is 5. The van der Waals surface area contributed by atoms with E-state index < -0.39 is 17.7 Å². The van der Waals surface area contributed by atoms with Crippen molar-refractivity contribution in [1.29, 1.82) is 0 Å².